The summed E-state index contributed by atoms with van der Waals surface area (Å²) in [7, 11) is 0. The minimum absolute atomic E-state index is 0.243. The zero-order valence-electron chi connectivity index (χ0n) is 5.42. The molecule has 4 nitrogen and oxygen atoms in total. The molecule has 0 amide bonds. The monoisotopic (exact) mass is 143 g/mol. The van der Waals surface area contributed by atoms with Gasteiger partial charge >= 0.3 is 11.9 Å². The van der Waals surface area contributed by atoms with E-state index in [1.165, 1.54) is 6.92 Å². The maximum absolute atomic E-state index is 10.1. The number of carbonyl (C=O) groups is 2. The van der Waals surface area contributed by atoms with E-state index in [0.29, 0.717) is 0 Å². The van der Waals surface area contributed by atoms with E-state index in [0.717, 1.165) is 0 Å². The van der Waals surface area contributed by atoms with Crippen LogP contribution in [0.3, 0.4) is 0 Å². The van der Waals surface area contributed by atoms with E-state index in [1.54, 1.807) is 0 Å². The van der Waals surface area contributed by atoms with Gasteiger partial charge in [0.2, 0.25) is 5.57 Å². The molecule has 0 fully saturated rings. The Morgan fingerprint density at radius 3 is 1.90 bits per heavy atom. The Bertz CT molecular complexity index is 182. The van der Waals surface area contributed by atoms with E-state index >= 15 is 0 Å². The van der Waals surface area contributed by atoms with Crippen LogP contribution in [0.25, 0.3) is 0 Å². The number of hydrogen-bond acceptors (Lipinski definition) is 2. The van der Waals surface area contributed by atoms with Crippen LogP contribution in [0.4, 0.5) is 0 Å². The number of carboxylic acid groups (broad SMARTS) is 2. The molecule has 0 aliphatic rings. The second-order valence-corrected chi connectivity index (χ2v) is 1.71. The maximum Gasteiger partial charge on any atom is 0.447 e. The fourth-order valence-electron chi connectivity index (χ4n) is 0.289. The van der Waals surface area contributed by atoms with E-state index in [-0.39, 0.29) is 11.5 Å². The van der Waals surface area contributed by atoms with Crippen LogP contribution in [-0.2, 0) is 9.59 Å². The van der Waals surface area contributed by atoms with E-state index in [4.69, 9.17) is 10.2 Å². The van der Waals surface area contributed by atoms with Gasteiger partial charge in [0.25, 0.3) is 0 Å². The summed E-state index contributed by atoms with van der Waals surface area (Å²) in [4.78, 5) is 20.1. The molecule has 2 N–H and O–H groups in total. The quantitative estimate of drug-likeness (QED) is 0.440. The highest BCUT2D eigenvalue weighted by atomic mass is 16.4. The van der Waals surface area contributed by atoms with Crippen LogP contribution in [-0.4, -0.2) is 22.2 Å². The van der Waals surface area contributed by atoms with Crippen LogP contribution in [0.15, 0.2) is 12.2 Å². The van der Waals surface area contributed by atoms with Gasteiger partial charge in [0.05, 0.1) is 0 Å². The summed E-state index contributed by atoms with van der Waals surface area (Å²) < 4.78 is 0. The molecule has 10 heavy (non-hydrogen) atoms. The summed E-state index contributed by atoms with van der Waals surface area (Å²) in [6.07, 6.45) is 0. The van der Waals surface area contributed by atoms with Crippen molar-refractivity contribution in [1.29, 1.82) is 0 Å². The molecule has 54 valence electrons. The fraction of sp³-hybridized carbons (Fsp3) is 0.167. The highest BCUT2D eigenvalue weighted by Crippen LogP contribution is 2.09. The molecule has 0 aromatic carbocycles. The van der Waals surface area contributed by atoms with Crippen LogP contribution in [0.2, 0.25) is 0 Å². The average Bonchev–Trinajstić information content (AvgIpc) is 1.84. The molecule has 0 aromatic rings. The number of aliphatic carboxylic acids is 2. The zero-order valence-corrected chi connectivity index (χ0v) is 5.42. The predicted octanol–water partition coefficient (Wildman–Crippen LogP) is 0.306. The van der Waals surface area contributed by atoms with Crippen LogP contribution >= 0.6 is 0 Å². The second-order valence-electron chi connectivity index (χ2n) is 1.71. The van der Waals surface area contributed by atoms with Crippen molar-refractivity contribution < 1.29 is 19.8 Å². The van der Waals surface area contributed by atoms with Crippen LogP contribution in [0.5, 0.6) is 0 Å². The molecule has 0 radical (unpaired) electrons. The molecule has 0 aromatic heterocycles. The Labute approximate surface area is 57.8 Å². The maximum atomic E-state index is 10.1. The highest BCUT2D eigenvalue weighted by Gasteiger charge is 2.29. The molecule has 0 atom stereocenters. The van der Waals surface area contributed by atoms with Gasteiger partial charge in [0, 0.05) is 13.5 Å². The lowest BCUT2D eigenvalue weighted by molar-refractivity contribution is -0.137. The molecule has 0 aliphatic heterocycles. The number of rotatable bonds is 3. The number of hydrogen-bond donors (Lipinski definition) is 2. The standard InChI is InChI=1S/C6H6O4/c1-3(5(7)8)4(2)6(9)10/h1H2,2H3,(H-,7,8,9,10)/p+1. The normalized spacial score (nSPS) is 8.50. The summed E-state index contributed by atoms with van der Waals surface area (Å²) in [6, 6.07) is 0. The Kier molecular flexibility index (Phi) is 2.49. The summed E-state index contributed by atoms with van der Waals surface area (Å²) in [5, 5.41) is 16.5. The van der Waals surface area contributed by atoms with Gasteiger partial charge in [-0.15, -0.1) is 0 Å². The minimum atomic E-state index is -1.31. The minimum Gasteiger partial charge on any atom is -0.468 e. The third-order valence-electron chi connectivity index (χ3n) is 1.03. The first kappa shape index (κ1) is 8.55. The lowest BCUT2D eigenvalue weighted by atomic mass is 10.0. The Morgan fingerprint density at radius 2 is 1.80 bits per heavy atom. The Balaban J connectivity index is 4.22. The third-order valence-corrected chi connectivity index (χ3v) is 1.03. The van der Waals surface area contributed by atoms with Crippen molar-refractivity contribution in [2.75, 3.05) is 0 Å². The molecule has 0 unspecified atom stereocenters. The molecule has 0 heterocycles. The van der Waals surface area contributed by atoms with E-state index < -0.39 is 11.9 Å². The van der Waals surface area contributed by atoms with E-state index in [1.807, 2.05) is 0 Å². The van der Waals surface area contributed by atoms with Crippen molar-refractivity contribution >= 4 is 11.9 Å². The van der Waals surface area contributed by atoms with Crippen molar-refractivity contribution in [1.82, 2.24) is 0 Å². The van der Waals surface area contributed by atoms with Gasteiger partial charge in [-0.1, -0.05) is 0 Å². The highest BCUT2D eigenvalue weighted by molar-refractivity contribution is 6.01. The molecular weight excluding hydrogens is 136 g/mol. The van der Waals surface area contributed by atoms with Gasteiger partial charge in [0.1, 0.15) is 0 Å². The smallest absolute Gasteiger partial charge is 0.447 e. The Hall–Kier alpha value is -1.45. The largest absolute Gasteiger partial charge is 0.468 e. The van der Waals surface area contributed by atoms with Crippen LogP contribution < -0.4 is 0 Å². The van der Waals surface area contributed by atoms with Crippen molar-refractivity contribution in [2.45, 2.75) is 6.92 Å². The summed E-state index contributed by atoms with van der Waals surface area (Å²) >= 11 is 0. The molecular formula is C6H7O4+. The first-order valence-electron chi connectivity index (χ1n) is 2.46. The summed E-state index contributed by atoms with van der Waals surface area (Å²) in [5.74, 6) is -2.81. The van der Waals surface area contributed by atoms with Gasteiger partial charge in [0.15, 0.2) is 5.92 Å². The van der Waals surface area contributed by atoms with Crippen molar-refractivity contribution in [3.05, 3.63) is 18.1 Å². The van der Waals surface area contributed by atoms with Crippen molar-refractivity contribution in [3.8, 4) is 0 Å². The topological polar surface area (TPSA) is 74.6 Å². The first-order chi connectivity index (χ1) is 4.46. The molecule has 0 bridgehead atoms. The van der Waals surface area contributed by atoms with Gasteiger partial charge in [-0.3, -0.25) is 0 Å². The molecule has 0 saturated heterocycles. The Morgan fingerprint density at radius 1 is 1.40 bits per heavy atom. The zero-order chi connectivity index (χ0) is 8.31. The van der Waals surface area contributed by atoms with E-state index in [2.05, 4.69) is 6.58 Å². The molecule has 4 heteroatoms. The van der Waals surface area contributed by atoms with E-state index in [9.17, 15) is 9.59 Å². The van der Waals surface area contributed by atoms with Gasteiger partial charge in [-0.25, -0.2) is 4.79 Å². The average molecular weight is 143 g/mol. The first-order valence-corrected chi connectivity index (χ1v) is 2.46. The van der Waals surface area contributed by atoms with Crippen LogP contribution in [0.1, 0.15) is 6.92 Å². The van der Waals surface area contributed by atoms with Gasteiger partial charge in [-0.2, -0.15) is 4.79 Å². The van der Waals surface area contributed by atoms with Crippen molar-refractivity contribution in [3.63, 3.8) is 0 Å². The van der Waals surface area contributed by atoms with Gasteiger partial charge in [-0.05, 0) is 0 Å². The summed E-state index contributed by atoms with van der Waals surface area (Å²) in [5.41, 5.74) is -0.382. The van der Waals surface area contributed by atoms with Gasteiger partial charge < -0.3 is 10.2 Å². The molecule has 0 rings (SSSR count). The molecule has 0 spiro atoms. The third kappa shape index (κ3) is 1.81. The molecule has 0 saturated carbocycles. The predicted molar refractivity (Wildman–Crippen MR) is 33.3 cm³/mol. The van der Waals surface area contributed by atoms with Crippen molar-refractivity contribution in [2.24, 2.45) is 0 Å². The fourth-order valence-corrected chi connectivity index (χ4v) is 0.289. The van der Waals surface area contributed by atoms with Crippen LogP contribution in [0, 0.1) is 5.92 Å². The summed E-state index contributed by atoms with van der Waals surface area (Å²) in [6.45, 7) is 4.25. The number of carboxylic acids is 2. The SMILES string of the molecule is C=C(C(=O)O)[C+](C)C(=O)O. The lowest BCUT2D eigenvalue weighted by Crippen LogP contribution is -2.15. The molecule has 0 aliphatic carbocycles. The second kappa shape index (κ2) is 2.91. The lowest BCUT2D eigenvalue weighted by Gasteiger charge is -1.93.